The molecule has 0 spiro atoms. The van der Waals surface area contributed by atoms with E-state index in [0.717, 1.165) is 11.8 Å². The molecule has 5 rings (SSSR count). The highest BCUT2D eigenvalue weighted by molar-refractivity contribution is 7.92. The van der Waals surface area contributed by atoms with Crippen LogP contribution in [0.2, 0.25) is 5.02 Å². The molecule has 0 aliphatic rings. The van der Waals surface area contributed by atoms with E-state index in [0.29, 0.717) is 22.2 Å². The van der Waals surface area contributed by atoms with Crippen molar-refractivity contribution in [2.24, 2.45) is 7.05 Å². The summed E-state index contributed by atoms with van der Waals surface area (Å²) in [5, 5.41) is 5.56. The number of aromatic nitrogens is 3. The quantitative estimate of drug-likeness (QED) is 0.212. The number of para-hydroxylation sites is 2. The fourth-order valence-corrected chi connectivity index (χ4v) is 6.21. The lowest BCUT2D eigenvalue weighted by Crippen LogP contribution is -2.23. The molecular formula is C28H24ClN5O5S2. The Hall–Kier alpha value is -4.39. The molecule has 0 aliphatic carbocycles. The van der Waals surface area contributed by atoms with Crippen molar-refractivity contribution >= 4 is 55.4 Å². The van der Waals surface area contributed by atoms with Gasteiger partial charge in [0, 0.05) is 23.1 Å². The number of benzene rings is 3. The minimum absolute atomic E-state index is 0.00862. The Bertz CT molecular complexity index is 1880. The number of carbonyl (C=O) groups excluding carboxylic acids is 1. The Balaban J connectivity index is 1.32. The molecule has 0 aliphatic heterocycles. The van der Waals surface area contributed by atoms with Crippen molar-refractivity contribution in [3.05, 3.63) is 117 Å². The molecule has 10 nitrogen and oxygen atoms in total. The first-order valence-corrected chi connectivity index (χ1v) is 15.0. The Morgan fingerprint density at radius 2 is 1.73 bits per heavy atom. The minimum Gasteiger partial charge on any atom is -0.456 e. The van der Waals surface area contributed by atoms with Gasteiger partial charge in [0.1, 0.15) is 12.3 Å². The molecule has 3 aromatic carbocycles. The van der Waals surface area contributed by atoms with Gasteiger partial charge < -0.3 is 10.1 Å². The first-order chi connectivity index (χ1) is 19.6. The number of carbonyl (C=O) groups is 1. The van der Waals surface area contributed by atoms with Gasteiger partial charge in [-0.25, -0.2) is 22.9 Å². The third-order valence-corrected chi connectivity index (χ3v) is 8.49. The van der Waals surface area contributed by atoms with Gasteiger partial charge in [-0.3, -0.25) is 14.2 Å². The average Bonchev–Trinajstić information content (AvgIpc) is 3.49. The lowest BCUT2D eigenvalue weighted by molar-refractivity contribution is 0.0468. The fraction of sp³-hybridized carbons (Fsp3) is 0.107. The summed E-state index contributed by atoms with van der Waals surface area (Å²) in [7, 11) is -2.65. The molecule has 2 N–H and O–H groups in total. The van der Waals surface area contributed by atoms with Crippen molar-refractivity contribution in [3.8, 4) is 5.69 Å². The van der Waals surface area contributed by atoms with Crippen molar-refractivity contribution in [1.82, 2.24) is 14.3 Å². The monoisotopic (exact) mass is 609 g/mol. The van der Waals surface area contributed by atoms with Crippen LogP contribution in [0.5, 0.6) is 0 Å². The highest BCUT2D eigenvalue weighted by atomic mass is 35.5. The number of nitrogens with zero attached hydrogens (tertiary/aromatic N) is 3. The lowest BCUT2D eigenvalue weighted by atomic mass is 10.2. The van der Waals surface area contributed by atoms with E-state index in [1.165, 1.54) is 28.2 Å². The van der Waals surface area contributed by atoms with Crippen LogP contribution in [-0.4, -0.2) is 28.7 Å². The maximum Gasteiger partial charge on any atom is 0.338 e. The largest absolute Gasteiger partial charge is 0.456 e. The van der Waals surface area contributed by atoms with E-state index in [2.05, 4.69) is 15.0 Å². The predicted molar refractivity (Wildman–Crippen MR) is 159 cm³/mol. The zero-order valence-corrected chi connectivity index (χ0v) is 24.3. The summed E-state index contributed by atoms with van der Waals surface area (Å²) in [6, 6.07) is 22.0. The van der Waals surface area contributed by atoms with E-state index < -0.39 is 21.6 Å². The number of thiazole rings is 1. The van der Waals surface area contributed by atoms with Gasteiger partial charge in [0.05, 0.1) is 27.5 Å². The Kier molecular flexibility index (Phi) is 7.97. The second-order valence-corrected chi connectivity index (χ2v) is 11.9. The summed E-state index contributed by atoms with van der Waals surface area (Å²) < 4.78 is 37.3. The van der Waals surface area contributed by atoms with Crippen molar-refractivity contribution in [2.75, 3.05) is 10.0 Å². The maximum atomic E-state index is 13.3. The minimum atomic E-state index is -4.30. The number of esters is 1. The van der Waals surface area contributed by atoms with E-state index in [4.69, 9.17) is 16.3 Å². The first-order valence-electron chi connectivity index (χ1n) is 12.2. The Labute approximate surface area is 244 Å². The van der Waals surface area contributed by atoms with Crippen LogP contribution in [0.25, 0.3) is 5.69 Å². The highest BCUT2D eigenvalue weighted by Crippen LogP contribution is 2.25. The number of sulfonamides is 1. The third kappa shape index (κ3) is 6.19. The number of anilines is 3. The molecule has 0 radical (unpaired) electrons. The van der Waals surface area contributed by atoms with Crippen LogP contribution in [-0.2, 0) is 28.4 Å². The molecule has 5 aromatic rings. The van der Waals surface area contributed by atoms with E-state index in [-0.39, 0.29) is 27.8 Å². The van der Waals surface area contributed by atoms with E-state index in [1.807, 2.05) is 36.4 Å². The SMILES string of the molecule is Cc1c(NS(=O)(=O)c2cc(Cl)cc(C(=O)OCc3csc(Nc4ccccc4)n3)c2)c(=O)n(-c2ccccc2)n1C. The van der Waals surface area contributed by atoms with Gasteiger partial charge in [-0.05, 0) is 49.4 Å². The van der Waals surface area contributed by atoms with Crippen molar-refractivity contribution in [2.45, 2.75) is 18.4 Å². The molecular weight excluding hydrogens is 586 g/mol. The molecule has 0 saturated carbocycles. The molecule has 13 heteroatoms. The van der Waals surface area contributed by atoms with E-state index >= 15 is 0 Å². The number of halogens is 1. The average molecular weight is 610 g/mol. The first kappa shape index (κ1) is 28.1. The molecule has 210 valence electrons. The Morgan fingerprint density at radius 3 is 2.44 bits per heavy atom. The summed E-state index contributed by atoms with van der Waals surface area (Å²) in [6.45, 7) is 1.50. The van der Waals surface area contributed by atoms with Gasteiger partial charge in [-0.1, -0.05) is 48.0 Å². The second-order valence-electron chi connectivity index (χ2n) is 8.93. The smallest absolute Gasteiger partial charge is 0.338 e. The van der Waals surface area contributed by atoms with Gasteiger partial charge in [-0.15, -0.1) is 11.3 Å². The molecule has 2 aromatic heterocycles. The molecule has 0 atom stereocenters. The summed E-state index contributed by atoms with van der Waals surface area (Å²) in [5.74, 6) is -0.781. The van der Waals surface area contributed by atoms with Gasteiger partial charge in [0.2, 0.25) is 0 Å². The molecule has 41 heavy (non-hydrogen) atoms. The molecule has 0 saturated heterocycles. The molecule has 0 unspecified atom stereocenters. The van der Waals surface area contributed by atoms with Crippen LogP contribution in [0.15, 0.2) is 93.9 Å². The van der Waals surface area contributed by atoms with Gasteiger partial charge in [0.25, 0.3) is 15.6 Å². The number of ether oxygens (including phenoxy) is 1. The van der Waals surface area contributed by atoms with Crippen LogP contribution < -0.4 is 15.6 Å². The number of hydrogen-bond donors (Lipinski definition) is 2. The zero-order chi connectivity index (χ0) is 29.1. The van der Waals surface area contributed by atoms with Crippen LogP contribution in [0.4, 0.5) is 16.5 Å². The van der Waals surface area contributed by atoms with E-state index in [1.54, 1.807) is 48.3 Å². The van der Waals surface area contributed by atoms with Crippen molar-refractivity contribution in [3.63, 3.8) is 0 Å². The second kappa shape index (κ2) is 11.6. The van der Waals surface area contributed by atoms with Crippen molar-refractivity contribution < 1.29 is 17.9 Å². The van der Waals surface area contributed by atoms with Gasteiger partial charge in [-0.2, -0.15) is 0 Å². The number of hydrogen-bond acceptors (Lipinski definition) is 8. The van der Waals surface area contributed by atoms with Gasteiger partial charge in [0.15, 0.2) is 5.13 Å². The van der Waals surface area contributed by atoms with Crippen LogP contribution in [0.3, 0.4) is 0 Å². The molecule has 0 bridgehead atoms. The molecule has 0 amide bonds. The van der Waals surface area contributed by atoms with E-state index in [9.17, 15) is 18.0 Å². The van der Waals surface area contributed by atoms with Crippen LogP contribution in [0, 0.1) is 6.92 Å². The van der Waals surface area contributed by atoms with Crippen LogP contribution >= 0.6 is 22.9 Å². The number of nitrogens with one attached hydrogen (secondary N) is 2. The normalized spacial score (nSPS) is 11.3. The number of rotatable bonds is 9. The molecule has 2 heterocycles. The topological polar surface area (TPSA) is 124 Å². The summed E-state index contributed by atoms with van der Waals surface area (Å²) >= 11 is 7.54. The third-order valence-electron chi connectivity index (χ3n) is 6.14. The summed E-state index contributed by atoms with van der Waals surface area (Å²) in [6.07, 6.45) is 0. The molecule has 0 fully saturated rings. The fourth-order valence-electron chi connectivity index (χ4n) is 4.01. The maximum absolute atomic E-state index is 13.3. The zero-order valence-electron chi connectivity index (χ0n) is 21.9. The van der Waals surface area contributed by atoms with Gasteiger partial charge >= 0.3 is 5.97 Å². The Morgan fingerprint density at radius 1 is 1.05 bits per heavy atom. The highest BCUT2D eigenvalue weighted by Gasteiger charge is 2.24. The standard InChI is InChI=1S/C28H24ClN5O5S2/c1-18-25(26(35)34(33(18)2)23-11-7-4-8-12-23)32-41(37,38)24-14-19(13-20(29)15-24)27(36)39-16-22-17-40-28(31-22)30-21-9-5-3-6-10-21/h3-15,17,32H,16H2,1-2H3,(H,30,31). The predicted octanol–water partition coefficient (Wildman–Crippen LogP) is 5.50. The lowest BCUT2D eigenvalue weighted by Gasteiger charge is -2.10. The summed E-state index contributed by atoms with van der Waals surface area (Å²) in [5.41, 5.74) is 1.62. The van der Waals surface area contributed by atoms with Crippen LogP contribution in [0.1, 0.15) is 21.7 Å². The summed E-state index contributed by atoms with van der Waals surface area (Å²) in [4.78, 5) is 30.1. The van der Waals surface area contributed by atoms with Crippen molar-refractivity contribution in [1.29, 1.82) is 0 Å².